The molecule has 2 aromatic heterocycles. The van der Waals surface area contributed by atoms with E-state index in [0.717, 1.165) is 29.8 Å². The highest BCUT2D eigenvalue weighted by molar-refractivity contribution is 6.31. The Balaban J connectivity index is 1.86. The van der Waals surface area contributed by atoms with Gasteiger partial charge in [-0.2, -0.15) is 10.2 Å². The van der Waals surface area contributed by atoms with Crippen LogP contribution in [0.25, 0.3) is 16.9 Å². The Bertz CT molecular complexity index is 875. The number of aliphatic hydroxyl groups excluding tert-OH is 1. The molecule has 25 heavy (non-hydrogen) atoms. The number of benzene rings is 1. The largest absolute Gasteiger partial charge is 0.496 e. The van der Waals surface area contributed by atoms with E-state index in [2.05, 4.69) is 5.10 Å². The molecule has 0 saturated heterocycles. The SMILES string of the molecule is COc1ccc(Cl)cc1-c1nn(C2CCC(O)C2)cc1-n1cccn1. The number of methoxy groups -OCH3 is 1. The molecule has 1 aliphatic carbocycles. The first-order chi connectivity index (χ1) is 12.2. The topological polar surface area (TPSA) is 65.1 Å². The van der Waals surface area contributed by atoms with Crippen LogP contribution in [0.3, 0.4) is 0 Å². The van der Waals surface area contributed by atoms with E-state index in [-0.39, 0.29) is 12.1 Å². The van der Waals surface area contributed by atoms with Crippen LogP contribution in [-0.2, 0) is 0 Å². The number of nitrogens with zero attached hydrogens (tertiary/aromatic N) is 4. The molecule has 130 valence electrons. The van der Waals surface area contributed by atoms with Crippen LogP contribution in [0, 0.1) is 0 Å². The van der Waals surface area contributed by atoms with Crippen molar-refractivity contribution in [2.45, 2.75) is 31.4 Å². The number of hydrogen-bond donors (Lipinski definition) is 1. The van der Waals surface area contributed by atoms with E-state index in [1.807, 2.05) is 35.3 Å². The first kappa shape index (κ1) is 16.2. The fraction of sp³-hybridized carbons (Fsp3) is 0.333. The van der Waals surface area contributed by atoms with E-state index in [1.54, 1.807) is 24.1 Å². The highest BCUT2D eigenvalue weighted by Gasteiger charge is 2.27. The molecule has 6 nitrogen and oxygen atoms in total. The van der Waals surface area contributed by atoms with Crippen molar-refractivity contribution in [3.63, 3.8) is 0 Å². The Labute approximate surface area is 150 Å². The number of halogens is 1. The first-order valence-electron chi connectivity index (χ1n) is 8.27. The molecule has 0 spiro atoms. The second-order valence-corrected chi connectivity index (χ2v) is 6.70. The van der Waals surface area contributed by atoms with E-state index in [0.29, 0.717) is 17.2 Å². The van der Waals surface area contributed by atoms with E-state index >= 15 is 0 Å². The normalized spacial score (nSPS) is 20.1. The maximum atomic E-state index is 9.86. The fourth-order valence-corrected chi connectivity index (χ4v) is 3.55. The van der Waals surface area contributed by atoms with E-state index < -0.39 is 0 Å². The van der Waals surface area contributed by atoms with Crippen molar-refractivity contribution < 1.29 is 9.84 Å². The summed E-state index contributed by atoms with van der Waals surface area (Å²) in [6.45, 7) is 0. The number of hydrogen-bond acceptors (Lipinski definition) is 4. The highest BCUT2D eigenvalue weighted by atomic mass is 35.5. The van der Waals surface area contributed by atoms with E-state index in [9.17, 15) is 5.11 Å². The Hall–Kier alpha value is -2.31. The highest BCUT2D eigenvalue weighted by Crippen LogP contribution is 2.37. The molecular formula is C18H19ClN4O2. The molecule has 1 N–H and O–H groups in total. The zero-order valence-corrected chi connectivity index (χ0v) is 14.6. The summed E-state index contributed by atoms with van der Waals surface area (Å²) in [7, 11) is 1.63. The smallest absolute Gasteiger partial charge is 0.128 e. The molecule has 1 saturated carbocycles. The van der Waals surface area contributed by atoms with Crippen LogP contribution in [0.2, 0.25) is 5.02 Å². The Morgan fingerprint density at radius 3 is 2.88 bits per heavy atom. The van der Waals surface area contributed by atoms with Crippen LogP contribution in [0.5, 0.6) is 5.75 Å². The minimum absolute atomic E-state index is 0.184. The van der Waals surface area contributed by atoms with Gasteiger partial charge in [-0.1, -0.05) is 11.6 Å². The third-order valence-electron chi connectivity index (χ3n) is 4.63. The van der Waals surface area contributed by atoms with E-state index in [4.69, 9.17) is 21.4 Å². The van der Waals surface area contributed by atoms with E-state index in [1.165, 1.54) is 0 Å². The molecule has 1 fully saturated rings. The van der Waals surface area contributed by atoms with Crippen LogP contribution < -0.4 is 4.74 Å². The minimum atomic E-state index is -0.258. The lowest BCUT2D eigenvalue weighted by Crippen LogP contribution is -2.07. The van der Waals surface area contributed by atoms with Gasteiger partial charge in [0.2, 0.25) is 0 Å². The Kier molecular flexibility index (Phi) is 4.23. The van der Waals surface area contributed by atoms with Gasteiger partial charge in [0.15, 0.2) is 0 Å². The lowest BCUT2D eigenvalue weighted by atomic mass is 10.1. The number of rotatable bonds is 4. The standard InChI is InChI=1S/C18H19ClN4O2/c1-25-17-6-3-12(19)9-15(17)18-16(22-8-2-7-20-22)11-23(21-18)13-4-5-14(24)10-13/h2-3,6-9,11,13-14,24H,4-5,10H2,1H3. The van der Waals surface area contributed by atoms with Crippen molar-refractivity contribution in [1.82, 2.24) is 19.6 Å². The minimum Gasteiger partial charge on any atom is -0.496 e. The van der Waals surface area contributed by atoms with Gasteiger partial charge in [0.1, 0.15) is 17.1 Å². The third-order valence-corrected chi connectivity index (χ3v) is 4.87. The van der Waals surface area contributed by atoms with Crippen LogP contribution in [0.15, 0.2) is 42.9 Å². The average molecular weight is 359 g/mol. The zero-order valence-electron chi connectivity index (χ0n) is 13.8. The summed E-state index contributed by atoms with van der Waals surface area (Å²) in [5.41, 5.74) is 2.43. The summed E-state index contributed by atoms with van der Waals surface area (Å²) in [6, 6.07) is 7.53. The number of aliphatic hydroxyl groups is 1. The second-order valence-electron chi connectivity index (χ2n) is 6.26. The fourth-order valence-electron chi connectivity index (χ4n) is 3.38. The van der Waals surface area contributed by atoms with Gasteiger partial charge in [-0.15, -0.1) is 0 Å². The number of aromatic nitrogens is 4. The summed E-state index contributed by atoms with van der Waals surface area (Å²) < 4.78 is 9.22. The molecule has 3 aromatic rings. The lowest BCUT2D eigenvalue weighted by Gasteiger charge is -2.10. The van der Waals surface area contributed by atoms with Crippen molar-refractivity contribution in [2.24, 2.45) is 0 Å². The molecule has 1 aromatic carbocycles. The maximum absolute atomic E-state index is 9.86. The van der Waals surface area contributed by atoms with Gasteiger partial charge in [0.25, 0.3) is 0 Å². The van der Waals surface area contributed by atoms with Crippen LogP contribution in [0.1, 0.15) is 25.3 Å². The van der Waals surface area contributed by atoms with Crippen LogP contribution in [0.4, 0.5) is 0 Å². The summed E-state index contributed by atoms with van der Waals surface area (Å²) in [5.74, 6) is 0.703. The quantitative estimate of drug-likeness (QED) is 0.775. The van der Waals surface area contributed by atoms with Gasteiger partial charge in [0, 0.05) is 23.0 Å². The third kappa shape index (κ3) is 3.03. The van der Waals surface area contributed by atoms with Gasteiger partial charge < -0.3 is 9.84 Å². The molecule has 2 heterocycles. The van der Waals surface area contributed by atoms with Crippen LogP contribution in [-0.4, -0.2) is 37.9 Å². The molecule has 2 unspecified atom stereocenters. The number of ether oxygens (including phenoxy) is 1. The Morgan fingerprint density at radius 1 is 1.32 bits per heavy atom. The molecule has 0 aliphatic heterocycles. The van der Waals surface area contributed by atoms with Crippen molar-refractivity contribution in [3.05, 3.63) is 47.9 Å². The summed E-state index contributed by atoms with van der Waals surface area (Å²) in [5, 5.41) is 19.6. The van der Waals surface area contributed by atoms with Crippen molar-refractivity contribution in [3.8, 4) is 22.7 Å². The van der Waals surface area contributed by atoms with Gasteiger partial charge in [-0.3, -0.25) is 4.68 Å². The maximum Gasteiger partial charge on any atom is 0.128 e. The summed E-state index contributed by atoms with van der Waals surface area (Å²) in [4.78, 5) is 0. The molecule has 0 radical (unpaired) electrons. The molecular weight excluding hydrogens is 340 g/mol. The monoisotopic (exact) mass is 358 g/mol. The lowest BCUT2D eigenvalue weighted by molar-refractivity contribution is 0.177. The summed E-state index contributed by atoms with van der Waals surface area (Å²) >= 11 is 6.21. The Morgan fingerprint density at radius 2 is 2.20 bits per heavy atom. The van der Waals surface area contributed by atoms with Gasteiger partial charge in [0.05, 0.1) is 25.5 Å². The van der Waals surface area contributed by atoms with Crippen molar-refractivity contribution >= 4 is 11.6 Å². The van der Waals surface area contributed by atoms with Gasteiger partial charge in [-0.05, 0) is 43.5 Å². The average Bonchev–Trinajstić information content (AvgIpc) is 3.34. The predicted molar refractivity (Wildman–Crippen MR) is 95.2 cm³/mol. The van der Waals surface area contributed by atoms with Gasteiger partial charge in [-0.25, -0.2) is 4.68 Å². The molecule has 0 amide bonds. The van der Waals surface area contributed by atoms with Crippen LogP contribution >= 0.6 is 11.6 Å². The zero-order chi connectivity index (χ0) is 17.4. The van der Waals surface area contributed by atoms with Gasteiger partial charge >= 0.3 is 0 Å². The molecule has 7 heteroatoms. The molecule has 2 atom stereocenters. The first-order valence-corrected chi connectivity index (χ1v) is 8.64. The summed E-state index contributed by atoms with van der Waals surface area (Å²) in [6.07, 6.45) is 7.76. The van der Waals surface area contributed by atoms with Crippen molar-refractivity contribution in [1.29, 1.82) is 0 Å². The molecule has 4 rings (SSSR count). The molecule has 1 aliphatic rings. The predicted octanol–water partition coefficient (Wildman–Crippen LogP) is 3.48. The second kappa shape index (κ2) is 6.54. The van der Waals surface area contributed by atoms with Crippen molar-refractivity contribution in [2.75, 3.05) is 7.11 Å². The molecule has 0 bridgehead atoms.